The lowest BCUT2D eigenvalue weighted by atomic mass is 10.1. The van der Waals surface area contributed by atoms with Gasteiger partial charge in [-0.25, -0.2) is 4.79 Å². The number of carbonyl (C=O) groups is 1. The van der Waals surface area contributed by atoms with Crippen molar-refractivity contribution < 1.29 is 15.0 Å². The third-order valence-electron chi connectivity index (χ3n) is 2.58. The van der Waals surface area contributed by atoms with Gasteiger partial charge in [-0.05, 0) is 37.5 Å². The van der Waals surface area contributed by atoms with Crippen molar-refractivity contribution in [2.75, 3.05) is 13.2 Å². The summed E-state index contributed by atoms with van der Waals surface area (Å²) in [7, 11) is 0. The molecule has 0 bridgehead atoms. The van der Waals surface area contributed by atoms with E-state index >= 15 is 0 Å². The number of urea groups is 1. The second kappa shape index (κ2) is 7.55. The van der Waals surface area contributed by atoms with E-state index < -0.39 is 0 Å². The van der Waals surface area contributed by atoms with Gasteiger partial charge in [-0.1, -0.05) is 12.1 Å². The third-order valence-corrected chi connectivity index (χ3v) is 2.58. The van der Waals surface area contributed by atoms with Crippen molar-refractivity contribution in [3.8, 4) is 5.75 Å². The van der Waals surface area contributed by atoms with Gasteiger partial charge in [0, 0.05) is 12.6 Å². The van der Waals surface area contributed by atoms with Crippen LogP contribution in [-0.4, -0.2) is 35.4 Å². The average Bonchev–Trinajstić information content (AvgIpc) is 2.35. The van der Waals surface area contributed by atoms with Crippen LogP contribution in [0.15, 0.2) is 24.3 Å². The van der Waals surface area contributed by atoms with Gasteiger partial charge in [0.25, 0.3) is 0 Å². The number of hydrogen-bond acceptors (Lipinski definition) is 3. The molecule has 100 valence electrons. The minimum atomic E-state index is -0.262. The Bertz CT molecular complexity index is 365. The number of amides is 2. The van der Waals surface area contributed by atoms with Gasteiger partial charge >= 0.3 is 6.03 Å². The van der Waals surface area contributed by atoms with Gasteiger partial charge in [-0.2, -0.15) is 0 Å². The second-order valence-electron chi connectivity index (χ2n) is 4.23. The minimum Gasteiger partial charge on any atom is -0.508 e. The zero-order valence-electron chi connectivity index (χ0n) is 10.5. The first-order chi connectivity index (χ1) is 8.61. The van der Waals surface area contributed by atoms with Crippen LogP contribution in [0, 0.1) is 0 Å². The standard InChI is InChI=1S/C13H20N2O3/c1-10(15-13(18)14-8-9-16)2-3-11-4-6-12(17)7-5-11/h4-7,10,16-17H,2-3,8-9H2,1H3,(H2,14,15,18). The van der Waals surface area contributed by atoms with Crippen LogP contribution in [0.4, 0.5) is 4.79 Å². The number of nitrogens with one attached hydrogen (secondary N) is 2. The predicted molar refractivity (Wildman–Crippen MR) is 69.5 cm³/mol. The van der Waals surface area contributed by atoms with E-state index in [0.717, 1.165) is 18.4 Å². The van der Waals surface area contributed by atoms with E-state index in [4.69, 9.17) is 10.2 Å². The Labute approximate surface area is 107 Å². The Balaban J connectivity index is 2.26. The van der Waals surface area contributed by atoms with E-state index in [-0.39, 0.29) is 31.0 Å². The van der Waals surface area contributed by atoms with Crippen molar-refractivity contribution in [1.82, 2.24) is 10.6 Å². The first kappa shape index (κ1) is 14.3. The number of rotatable bonds is 6. The normalized spacial score (nSPS) is 11.9. The monoisotopic (exact) mass is 252 g/mol. The molecule has 1 rings (SSSR count). The summed E-state index contributed by atoms with van der Waals surface area (Å²) < 4.78 is 0. The summed E-state index contributed by atoms with van der Waals surface area (Å²) in [6, 6.07) is 6.84. The highest BCUT2D eigenvalue weighted by molar-refractivity contribution is 5.74. The highest BCUT2D eigenvalue weighted by Crippen LogP contribution is 2.11. The Kier molecular flexibility index (Phi) is 6.00. The first-order valence-corrected chi connectivity index (χ1v) is 6.05. The summed E-state index contributed by atoms with van der Waals surface area (Å²) in [6.07, 6.45) is 1.65. The minimum absolute atomic E-state index is 0.0532. The molecule has 0 spiro atoms. The van der Waals surface area contributed by atoms with Gasteiger partial charge < -0.3 is 20.8 Å². The van der Waals surface area contributed by atoms with Crippen molar-refractivity contribution in [3.63, 3.8) is 0 Å². The molecule has 1 aromatic carbocycles. The zero-order valence-corrected chi connectivity index (χ0v) is 10.5. The maximum atomic E-state index is 11.3. The van der Waals surface area contributed by atoms with E-state index in [1.165, 1.54) is 0 Å². The number of phenolic OH excluding ortho intramolecular Hbond substituents is 1. The molecule has 0 aliphatic rings. The quantitative estimate of drug-likeness (QED) is 0.610. The van der Waals surface area contributed by atoms with Gasteiger partial charge in [0.1, 0.15) is 5.75 Å². The van der Waals surface area contributed by atoms with Crippen LogP contribution in [0.1, 0.15) is 18.9 Å². The number of phenols is 1. The Hall–Kier alpha value is -1.75. The van der Waals surface area contributed by atoms with Crippen LogP contribution >= 0.6 is 0 Å². The summed E-state index contributed by atoms with van der Waals surface area (Å²) in [4.78, 5) is 11.3. The van der Waals surface area contributed by atoms with Crippen molar-refractivity contribution in [2.24, 2.45) is 0 Å². The molecule has 0 heterocycles. The molecule has 0 saturated carbocycles. The SMILES string of the molecule is CC(CCc1ccc(O)cc1)NC(=O)NCCO. The van der Waals surface area contributed by atoms with Crippen LogP contribution < -0.4 is 10.6 Å². The molecule has 1 unspecified atom stereocenters. The van der Waals surface area contributed by atoms with E-state index in [1.54, 1.807) is 12.1 Å². The zero-order chi connectivity index (χ0) is 13.4. The van der Waals surface area contributed by atoms with Crippen LogP contribution in [0.2, 0.25) is 0 Å². The average molecular weight is 252 g/mol. The molecule has 0 aromatic heterocycles. The molecule has 5 nitrogen and oxygen atoms in total. The number of hydrogen-bond donors (Lipinski definition) is 4. The molecule has 4 N–H and O–H groups in total. The molecule has 18 heavy (non-hydrogen) atoms. The fourth-order valence-corrected chi connectivity index (χ4v) is 1.56. The molecule has 1 atom stereocenters. The number of aliphatic hydroxyl groups is 1. The summed E-state index contributed by atoms with van der Waals surface area (Å²) in [5.41, 5.74) is 1.12. The topological polar surface area (TPSA) is 81.6 Å². The Morgan fingerprint density at radius 1 is 1.33 bits per heavy atom. The smallest absolute Gasteiger partial charge is 0.315 e. The van der Waals surface area contributed by atoms with Gasteiger partial charge in [-0.15, -0.1) is 0 Å². The van der Waals surface area contributed by atoms with E-state index in [1.807, 2.05) is 19.1 Å². The van der Waals surface area contributed by atoms with E-state index in [9.17, 15) is 4.79 Å². The fraction of sp³-hybridized carbons (Fsp3) is 0.462. The molecule has 2 amide bonds. The van der Waals surface area contributed by atoms with Crippen LogP contribution in [0.5, 0.6) is 5.75 Å². The van der Waals surface area contributed by atoms with Gasteiger partial charge in [0.2, 0.25) is 0 Å². The third kappa shape index (κ3) is 5.54. The summed E-state index contributed by atoms with van der Waals surface area (Å²) in [6.45, 7) is 2.13. The number of carbonyl (C=O) groups excluding carboxylic acids is 1. The predicted octanol–water partition coefficient (Wildman–Crippen LogP) is 1.00. The van der Waals surface area contributed by atoms with Crippen LogP contribution in [0.25, 0.3) is 0 Å². The van der Waals surface area contributed by atoms with Crippen molar-refractivity contribution >= 4 is 6.03 Å². The molecule has 0 aliphatic heterocycles. The fourth-order valence-electron chi connectivity index (χ4n) is 1.56. The molecule has 0 fully saturated rings. The lowest BCUT2D eigenvalue weighted by Gasteiger charge is -2.14. The lowest BCUT2D eigenvalue weighted by Crippen LogP contribution is -2.41. The Morgan fingerprint density at radius 3 is 2.61 bits per heavy atom. The van der Waals surface area contributed by atoms with Crippen molar-refractivity contribution in [2.45, 2.75) is 25.8 Å². The maximum Gasteiger partial charge on any atom is 0.315 e. The van der Waals surface area contributed by atoms with Gasteiger partial charge in [0.15, 0.2) is 0 Å². The molecule has 0 saturated heterocycles. The number of aromatic hydroxyl groups is 1. The van der Waals surface area contributed by atoms with Gasteiger partial charge in [0.05, 0.1) is 6.61 Å². The van der Waals surface area contributed by atoms with Gasteiger partial charge in [-0.3, -0.25) is 0 Å². The summed E-state index contributed by atoms with van der Waals surface area (Å²) in [5.74, 6) is 0.258. The number of aryl methyl sites for hydroxylation is 1. The van der Waals surface area contributed by atoms with Crippen molar-refractivity contribution in [3.05, 3.63) is 29.8 Å². The van der Waals surface area contributed by atoms with Crippen LogP contribution in [-0.2, 0) is 6.42 Å². The molecule has 0 radical (unpaired) electrons. The maximum absolute atomic E-state index is 11.3. The molecule has 0 aliphatic carbocycles. The molecular formula is C13H20N2O3. The Morgan fingerprint density at radius 2 is 2.00 bits per heavy atom. The molecular weight excluding hydrogens is 232 g/mol. The first-order valence-electron chi connectivity index (χ1n) is 6.05. The number of benzene rings is 1. The highest BCUT2D eigenvalue weighted by atomic mass is 16.3. The second-order valence-corrected chi connectivity index (χ2v) is 4.23. The highest BCUT2D eigenvalue weighted by Gasteiger charge is 2.06. The summed E-state index contributed by atoms with van der Waals surface area (Å²) >= 11 is 0. The van der Waals surface area contributed by atoms with E-state index in [2.05, 4.69) is 10.6 Å². The summed E-state index contributed by atoms with van der Waals surface area (Å²) in [5, 5.41) is 23.0. The number of aliphatic hydroxyl groups excluding tert-OH is 1. The van der Waals surface area contributed by atoms with Crippen LogP contribution in [0.3, 0.4) is 0 Å². The van der Waals surface area contributed by atoms with Crippen molar-refractivity contribution in [1.29, 1.82) is 0 Å². The van der Waals surface area contributed by atoms with E-state index in [0.29, 0.717) is 0 Å². The largest absolute Gasteiger partial charge is 0.508 e. The molecule has 5 heteroatoms. The lowest BCUT2D eigenvalue weighted by molar-refractivity contribution is 0.231. The molecule has 1 aromatic rings.